The molecule has 1 aliphatic heterocycles. The fourth-order valence-electron chi connectivity index (χ4n) is 2.64. The van der Waals surface area contributed by atoms with Crippen LogP contribution in [0.4, 0.5) is 5.69 Å². The summed E-state index contributed by atoms with van der Waals surface area (Å²) < 4.78 is 10.8. The number of anilines is 1. The first-order valence-corrected chi connectivity index (χ1v) is 8.22. The number of hydrogen-bond acceptors (Lipinski definition) is 5. The summed E-state index contributed by atoms with van der Waals surface area (Å²) >= 11 is 0. The molecule has 6 heteroatoms. The van der Waals surface area contributed by atoms with Gasteiger partial charge in [0.1, 0.15) is 6.61 Å². The van der Waals surface area contributed by atoms with Gasteiger partial charge in [0.25, 0.3) is 5.91 Å². The van der Waals surface area contributed by atoms with Crippen molar-refractivity contribution < 1.29 is 19.4 Å². The van der Waals surface area contributed by atoms with Gasteiger partial charge in [-0.25, -0.2) is 0 Å². The third-order valence-corrected chi connectivity index (χ3v) is 3.91. The average molecular weight is 352 g/mol. The maximum absolute atomic E-state index is 12.7. The van der Waals surface area contributed by atoms with Crippen molar-refractivity contribution >= 4 is 23.4 Å². The lowest BCUT2D eigenvalue weighted by Gasteiger charge is -2.12. The van der Waals surface area contributed by atoms with Crippen LogP contribution in [0.1, 0.15) is 12.5 Å². The van der Waals surface area contributed by atoms with Gasteiger partial charge in [-0.05, 0) is 42.8 Å². The van der Waals surface area contributed by atoms with E-state index < -0.39 is 0 Å². The van der Waals surface area contributed by atoms with E-state index in [-0.39, 0.29) is 19.1 Å². The molecule has 1 amide bonds. The molecule has 1 N–H and O–H groups in total. The van der Waals surface area contributed by atoms with E-state index in [2.05, 4.69) is 5.10 Å². The van der Waals surface area contributed by atoms with Gasteiger partial charge < -0.3 is 14.6 Å². The van der Waals surface area contributed by atoms with E-state index in [0.717, 1.165) is 11.3 Å². The average Bonchev–Trinajstić information content (AvgIpc) is 2.95. The van der Waals surface area contributed by atoms with Gasteiger partial charge in [-0.1, -0.05) is 24.3 Å². The number of carbonyl (C=O) groups excluding carboxylic acids is 1. The molecule has 0 atom stereocenters. The molecule has 0 saturated heterocycles. The third kappa shape index (κ3) is 3.60. The largest absolute Gasteiger partial charge is 0.493 e. The maximum atomic E-state index is 12.7. The Labute approximate surface area is 152 Å². The molecule has 0 spiro atoms. The molecular weight excluding hydrogens is 332 g/mol. The molecule has 0 unspecified atom stereocenters. The number of amides is 1. The summed E-state index contributed by atoms with van der Waals surface area (Å²) in [6, 6.07) is 14.7. The molecule has 0 aromatic heterocycles. The summed E-state index contributed by atoms with van der Waals surface area (Å²) in [5.41, 5.74) is 2.70. The lowest BCUT2D eigenvalue weighted by atomic mass is 10.1. The highest BCUT2D eigenvalue weighted by Gasteiger charge is 2.28. The van der Waals surface area contributed by atoms with Gasteiger partial charge in [0.2, 0.25) is 0 Å². The Bertz CT molecular complexity index is 859. The molecular formula is C20H20N2O4. The van der Waals surface area contributed by atoms with Crippen molar-refractivity contribution in [1.82, 2.24) is 0 Å². The number of benzene rings is 2. The summed E-state index contributed by atoms with van der Waals surface area (Å²) in [6.45, 7) is 1.92. The molecule has 2 aromatic rings. The van der Waals surface area contributed by atoms with Crippen LogP contribution in [0.3, 0.4) is 0 Å². The predicted octanol–water partition coefficient (Wildman–Crippen LogP) is 2.87. The zero-order valence-corrected chi connectivity index (χ0v) is 14.7. The van der Waals surface area contributed by atoms with Crippen LogP contribution in [0, 0.1) is 0 Å². The van der Waals surface area contributed by atoms with Crippen LogP contribution in [0.5, 0.6) is 11.5 Å². The Kier molecular flexibility index (Phi) is 5.34. The fourth-order valence-corrected chi connectivity index (χ4v) is 2.64. The number of carbonyl (C=O) groups is 1. The van der Waals surface area contributed by atoms with Crippen molar-refractivity contribution in [3.05, 3.63) is 59.7 Å². The molecule has 0 aliphatic carbocycles. The van der Waals surface area contributed by atoms with Gasteiger partial charge in [-0.15, -0.1) is 0 Å². The number of hydrogen-bond donors (Lipinski definition) is 1. The molecule has 1 heterocycles. The molecule has 26 heavy (non-hydrogen) atoms. The van der Waals surface area contributed by atoms with E-state index in [9.17, 15) is 4.79 Å². The molecule has 134 valence electrons. The lowest BCUT2D eigenvalue weighted by Crippen LogP contribution is -2.21. The summed E-state index contributed by atoms with van der Waals surface area (Å²) in [5, 5.41) is 14.6. The van der Waals surface area contributed by atoms with Crippen LogP contribution in [-0.4, -0.2) is 37.0 Å². The highest BCUT2D eigenvalue weighted by molar-refractivity contribution is 6.32. The van der Waals surface area contributed by atoms with E-state index in [1.807, 2.05) is 43.3 Å². The number of aliphatic hydroxyl groups excluding tert-OH is 1. The van der Waals surface area contributed by atoms with E-state index in [1.165, 1.54) is 5.01 Å². The molecule has 2 aromatic carbocycles. The Morgan fingerprint density at radius 3 is 2.62 bits per heavy atom. The quantitative estimate of drug-likeness (QED) is 0.812. The number of methoxy groups -OCH3 is 1. The van der Waals surface area contributed by atoms with Crippen molar-refractivity contribution in [2.24, 2.45) is 5.10 Å². The molecule has 0 bridgehead atoms. The van der Waals surface area contributed by atoms with E-state index in [1.54, 1.807) is 25.3 Å². The van der Waals surface area contributed by atoms with Crippen LogP contribution in [0.25, 0.3) is 6.08 Å². The van der Waals surface area contributed by atoms with Gasteiger partial charge >= 0.3 is 0 Å². The fraction of sp³-hybridized carbons (Fsp3) is 0.200. The Hall–Kier alpha value is -3.12. The number of hydrazone groups is 1. The predicted molar refractivity (Wildman–Crippen MR) is 101 cm³/mol. The second-order valence-electron chi connectivity index (χ2n) is 5.68. The maximum Gasteiger partial charge on any atom is 0.280 e. The van der Waals surface area contributed by atoms with Crippen molar-refractivity contribution in [2.45, 2.75) is 6.92 Å². The molecule has 0 fully saturated rings. The minimum atomic E-state index is -0.173. The number of para-hydroxylation sites is 1. The standard InChI is InChI=1S/C20H20N2O4/c1-14-17(20(24)22(21-14)16-6-4-3-5-7-16)12-15-8-9-18(26-11-10-23)19(13-15)25-2/h3-9,12-13,23H,10-11H2,1-2H3/b17-12-. The van der Waals surface area contributed by atoms with Crippen LogP contribution >= 0.6 is 0 Å². The summed E-state index contributed by atoms with van der Waals surface area (Å²) in [5.74, 6) is 0.902. The highest BCUT2D eigenvalue weighted by Crippen LogP contribution is 2.30. The summed E-state index contributed by atoms with van der Waals surface area (Å²) in [6.07, 6.45) is 1.78. The summed E-state index contributed by atoms with van der Waals surface area (Å²) in [4.78, 5) is 12.7. The zero-order chi connectivity index (χ0) is 18.5. The van der Waals surface area contributed by atoms with Crippen LogP contribution in [-0.2, 0) is 4.79 Å². The number of nitrogens with zero attached hydrogens (tertiary/aromatic N) is 2. The molecule has 0 radical (unpaired) electrons. The van der Waals surface area contributed by atoms with Crippen molar-refractivity contribution in [3.8, 4) is 11.5 Å². The summed E-state index contributed by atoms with van der Waals surface area (Å²) in [7, 11) is 1.54. The minimum Gasteiger partial charge on any atom is -0.493 e. The first-order valence-electron chi connectivity index (χ1n) is 8.22. The second kappa shape index (κ2) is 7.84. The van der Waals surface area contributed by atoms with Crippen LogP contribution in [0.2, 0.25) is 0 Å². The number of ether oxygens (including phenoxy) is 2. The molecule has 0 saturated carbocycles. The third-order valence-electron chi connectivity index (χ3n) is 3.91. The smallest absolute Gasteiger partial charge is 0.280 e. The van der Waals surface area contributed by atoms with Crippen molar-refractivity contribution in [3.63, 3.8) is 0 Å². The lowest BCUT2D eigenvalue weighted by molar-refractivity contribution is -0.114. The highest BCUT2D eigenvalue weighted by atomic mass is 16.5. The van der Waals surface area contributed by atoms with E-state index in [0.29, 0.717) is 22.8 Å². The van der Waals surface area contributed by atoms with Gasteiger partial charge in [0, 0.05) is 0 Å². The van der Waals surface area contributed by atoms with Gasteiger partial charge in [0.05, 0.1) is 30.7 Å². The number of rotatable bonds is 6. The zero-order valence-electron chi connectivity index (χ0n) is 14.7. The molecule has 6 nitrogen and oxygen atoms in total. The second-order valence-corrected chi connectivity index (χ2v) is 5.68. The van der Waals surface area contributed by atoms with E-state index in [4.69, 9.17) is 14.6 Å². The van der Waals surface area contributed by atoms with E-state index >= 15 is 0 Å². The van der Waals surface area contributed by atoms with Gasteiger partial charge in [-0.2, -0.15) is 10.1 Å². The van der Waals surface area contributed by atoms with Crippen molar-refractivity contribution in [1.29, 1.82) is 0 Å². The topological polar surface area (TPSA) is 71.4 Å². The normalized spacial score (nSPS) is 15.3. The molecule has 3 rings (SSSR count). The molecule has 1 aliphatic rings. The Morgan fingerprint density at radius 2 is 1.92 bits per heavy atom. The SMILES string of the molecule is COc1cc(/C=C2\C(=O)N(c3ccccc3)N=C2C)ccc1OCCO. The Balaban J connectivity index is 1.88. The Morgan fingerprint density at radius 1 is 1.15 bits per heavy atom. The van der Waals surface area contributed by atoms with Crippen molar-refractivity contribution in [2.75, 3.05) is 25.3 Å². The van der Waals surface area contributed by atoms with Crippen LogP contribution in [0.15, 0.2) is 59.2 Å². The first-order chi connectivity index (χ1) is 12.6. The van der Waals surface area contributed by atoms with Crippen LogP contribution < -0.4 is 14.5 Å². The number of aliphatic hydroxyl groups is 1. The minimum absolute atomic E-state index is 0.0750. The first kappa shape index (κ1) is 17.7. The van der Waals surface area contributed by atoms with Gasteiger partial charge in [0.15, 0.2) is 11.5 Å². The van der Waals surface area contributed by atoms with Gasteiger partial charge in [-0.3, -0.25) is 4.79 Å². The monoisotopic (exact) mass is 352 g/mol.